The van der Waals surface area contributed by atoms with Crippen LogP contribution in [0.15, 0.2) is 72.0 Å². The van der Waals surface area contributed by atoms with E-state index in [1.807, 2.05) is 19.1 Å². The van der Waals surface area contributed by atoms with Gasteiger partial charge in [0.2, 0.25) is 0 Å². The van der Waals surface area contributed by atoms with Crippen LogP contribution in [0.1, 0.15) is 55.4 Å². The standard InChI is InChI=1S/C22H35N/c1-11-19(15-13-17(3)4)22(9,10)23-20(12-2)16-14-18(5)21(6,7)8/h11-16,23H,2-3H2,1,4-10H3/b15-13-,18-14+,19-11+,20-16+. The summed E-state index contributed by atoms with van der Waals surface area (Å²) < 4.78 is 0. The Kier molecular flexibility index (Phi) is 8.09. The highest BCUT2D eigenvalue weighted by Gasteiger charge is 2.20. The number of allylic oxidation sites excluding steroid dienone is 7. The summed E-state index contributed by atoms with van der Waals surface area (Å²) in [5, 5.41) is 3.57. The van der Waals surface area contributed by atoms with Gasteiger partial charge in [-0.25, -0.2) is 0 Å². The predicted octanol–water partition coefficient (Wildman–Crippen LogP) is 6.50. The molecule has 1 nitrogen and oxygen atoms in total. The zero-order valence-corrected chi connectivity index (χ0v) is 16.4. The van der Waals surface area contributed by atoms with Gasteiger partial charge in [0, 0.05) is 5.70 Å². The highest BCUT2D eigenvalue weighted by molar-refractivity contribution is 5.36. The quantitative estimate of drug-likeness (QED) is 0.529. The van der Waals surface area contributed by atoms with E-state index < -0.39 is 0 Å². The predicted molar refractivity (Wildman–Crippen MR) is 106 cm³/mol. The van der Waals surface area contributed by atoms with Gasteiger partial charge in [-0.2, -0.15) is 0 Å². The molecule has 0 heterocycles. The van der Waals surface area contributed by atoms with E-state index in [9.17, 15) is 0 Å². The van der Waals surface area contributed by atoms with Crippen LogP contribution in [-0.4, -0.2) is 5.54 Å². The van der Waals surface area contributed by atoms with Crippen molar-refractivity contribution in [2.24, 2.45) is 5.41 Å². The fourth-order valence-corrected chi connectivity index (χ4v) is 1.96. The van der Waals surface area contributed by atoms with Crippen molar-refractivity contribution < 1.29 is 0 Å². The van der Waals surface area contributed by atoms with Gasteiger partial charge in [0.25, 0.3) is 0 Å². The molecule has 1 N–H and O–H groups in total. The molecule has 128 valence electrons. The van der Waals surface area contributed by atoms with Crippen molar-refractivity contribution in [3.63, 3.8) is 0 Å². The van der Waals surface area contributed by atoms with Crippen LogP contribution in [-0.2, 0) is 0 Å². The van der Waals surface area contributed by atoms with Crippen LogP contribution in [0, 0.1) is 5.41 Å². The molecule has 0 saturated carbocycles. The Labute approximate surface area is 144 Å². The van der Waals surface area contributed by atoms with Crippen molar-refractivity contribution in [1.82, 2.24) is 5.32 Å². The molecule has 0 bridgehead atoms. The zero-order chi connectivity index (χ0) is 18.3. The van der Waals surface area contributed by atoms with E-state index in [-0.39, 0.29) is 11.0 Å². The Morgan fingerprint density at radius 3 is 1.91 bits per heavy atom. The van der Waals surface area contributed by atoms with Gasteiger partial charge >= 0.3 is 0 Å². The molecule has 0 spiro atoms. The van der Waals surface area contributed by atoms with Crippen molar-refractivity contribution in [3.05, 3.63) is 72.0 Å². The van der Waals surface area contributed by atoms with Crippen LogP contribution in [0.4, 0.5) is 0 Å². The van der Waals surface area contributed by atoms with Crippen LogP contribution >= 0.6 is 0 Å². The van der Waals surface area contributed by atoms with Crippen molar-refractivity contribution >= 4 is 0 Å². The second-order valence-electron chi connectivity index (χ2n) is 7.60. The van der Waals surface area contributed by atoms with E-state index in [4.69, 9.17) is 0 Å². The molecule has 0 fully saturated rings. The summed E-state index contributed by atoms with van der Waals surface area (Å²) in [4.78, 5) is 0. The first-order chi connectivity index (χ1) is 10.4. The van der Waals surface area contributed by atoms with Crippen molar-refractivity contribution in [2.45, 2.75) is 60.9 Å². The first kappa shape index (κ1) is 21.2. The van der Waals surface area contributed by atoms with E-state index in [0.29, 0.717) is 0 Å². The average molecular weight is 314 g/mol. The van der Waals surface area contributed by atoms with Gasteiger partial charge in [-0.15, -0.1) is 0 Å². The fourth-order valence-electron chi connectivity index (χ4n) is 1.96. The van der Waals surface area contributed by atoms with Gasteiger partial charge in [-0.1, -0.05) is 69.4 Å². The molecule has 0 aromatic carbocycles. The molecule has 0 amide bonds. The number of hydrogen-bond acceptors (Lipinski definition) is 1. The van der Waals surface area contributed by atoms with Crippen molar-refractivity contribution in [2.75, 3.05) is 0 Å². The van der Waals surface area contributed by atoms with Gasteiger partial charge < -0.3 is 5.32 Å². The average Bonchev–Trinajstić information content (AvgIpc) is 2.41. The summed E-state index contributed by atoms with van der Waals surface area (Å²) in [7, 11) is 0. The number of nitrogens with one attached hydrogen (secondary N) is 1. The summed E-state index contributed by atoms with van der Waals surface area (Å²) in [5.74, 6) is 0. The molecule has 0 atom stereocenters. The molecule has 0 aromatic heterocycles. The molecule has 0 aliphatic heterocycles. The fraction of sp³-hybridized carbons (Fsp3) is 0.455. The number of rotatable bonds is 7. The second-order valence-corrected chi connectivity index (χ2v) is 7.60. The molecule has 0 aromatic rings. The van der Waals surface area contributed by atoms with E-state index in [0.717, 1.165) is 11.3 Å². The largest absolute Gasteiger partial charge is 0.376 e. The normalized spacial score (nSPS) is 15.0. The summed E-state index contributed by atoms with van der Waals surface area (Å²) in [6.07, 6.45) is 12.4. The summed E-state index contributed by atoms with van der Waals surface area (Å²) in [6.45, 7) is 25.1. The molecule has 0 saturated heterocycles. The molecular weight excluding hydrogens is 278 g/mol. The summed E-state index contributed by atoms with van der Waals surface area (Å²) >= 11 is 0. The van der Waals surface area contributed by atoms with Gasteiger partial charge in [0.1, 0.15) is 0 Å². The van der Waals surface area contributed by atoms with Crippen LogP contribution < -0.4 is 5.32 Å². The molecule has 23 heavy (non-hydrogen) atoms. The maximum Gasteiger partial charge on any atom is 0.0565 e. The van der Waals surface area contributed by atoms with Gasteiger partial charge in [0.05, 0.1) is 5.54 Å². The monoisotopic (exact) mass is 313 g/mol. The Balaban J connectivity index is 5.39. The van der Waals surface area contributed by atoms with Gasteiger partial charge in [-0.3, -0.25) is 0 Å². The van der Waals surface area contributed by atoms with Crippen LogP contribution in [0.25, 0.3) is 0 Å². The third-order valence-corrected chi connectivity index (χ3v) is 3.95. The molecule has 0 aliphatic rings. The Morgan fingerprint density at radius 1 is 0.957 bits per heavy atom. The molecule has 0 rings (SSSR count). The highest BCUT2D eigenvalue weighted by Crippen LogP contribution is 2.25. The minimum Gasteiger partial charge on any atom is -0.376 e. The lowest BCUT2D eigenvalue weighted by Gasteiger charge is -2.30. The lowest BCUT2D eigenvalue weighted by atomic mass is 9.87. The topological polar surface area (TPSA) is 12.0 Å². The Morgan fingerprint density at radius 2 is 1.52 bits per heavy atom. The molecule has 0 aliphatic carbocycles. The molecule has 0 radical (unpaired) electrons. The maximum atomic E-state index is 3.93. The van der Waals surface area contributed by atoms with E-state index >= 15 is 0 Å². The first-order valence-electron chi connectivity index (χ1n) is 8.24. The maximum absolute atomic E-state index is 3.93. The molecule has 0 unspecified atom stereocenters. The second kappa shape index (κ2) is 8.76. The summed E-state index contributed by atoms with van der Waals surface area (Å²) in [6, 6.07) is 0. The minimum absolute atomic E-state index is 0.178. The van der Waals surface area contributed by atoms with E-state index in [1.54, 1.807) is 0 Å². The lowest BCUT2D eigenvalue weighted by Crippen LogP contribution is -2.39. The van der Waals surface area contributed by atoms with Crippen LogP contribution in [0.3, 0.4) is 0 Å². The number of hydrogen-bond donors (Lipinski definition) is 1. The third-order valence-electron chi connectivity index (χ3n) is 3.95. The smallest absolute Gasteiger partial charge is 0.0565 e. The van der Waals surface area contributed by atoms with Crippen LogP contribution in [0.5, 0.6) is 0 Å². The van der Waals surface area contributed by atoms with Crippen LogP contribution in [0.2, 0.25) is 0 Å². The first-order valence-corrected chi connectivity index (χ1v) is 8.24. The zero-order valence-electron chi connectivity index (χ0n) is 16.4. The van der Waals surface area contributed by atoms with E-state index in [1.165, 1.54) is 11.1 Å². The lowest BCUT2D eigenvalue weighted by molar-refractivity contribution is 0.503. The summed E-state index contributed by atoms with van der Waals surface area (Å²) in [5.41, 5.74) is 4.60. The van der Waals surface area contributed by atoms with Crippen molar-refractivity contribution in [1.29, 1.82) is 0 Å². The SMILES string of the molecule is C=C/C(=C\C=C(/C)C(C)(C)C)NC(C)(C)C(/C=C\C(=C)C)=C/C. The molecular formula is C22H35N. The minimum atomic E-state index is -0.190. The third kappa shape index (κ3) is 7.88. The van der Waals surface area contributed by atoms with E-state index in [2.05, 4.69) is 91.2 Å². The van der Waals surface area contributed by atoms with Gasteiger partial charge in [-0.05, 0) is 57.8 Å². The Hall–Kier alpha value is -1.76. The molecule has 1 heteroatoms. The highest BCUT2D eigenvalue weighted by atomic mass is 15.0. The van der Waals surface area contributed by atoms with Crippen molar-refractivity contribution in [3.8, 4) is 0 Å². The van der Waals surface area contributed by atoms with Gasteiger partial charge in [0.15, 0.2) is 0 Å². The Bertz CT molecular complexity index is 543.